The summed E-state index contributed by atoms with van der Waals surface area (Å²) >= 11 is 1.58. The molecule has 2 unspecified atom stereocenters. The van der Waals surface area contributed by atoms with Crippen LogP contribution in [0.3, 0.4) is 0 Å². The first-order chi connectivity index (χ1) is 14.2. The lowest BCUT2D eigenvalue weighted by Crippen LogP contribution is -2.24. The van der Waals surface area contributed by atoms with Gasteiger partial charge in [0.2, 0.25) is 0 Å². The van der Waals surface area contributed by atoms with E-state index in [4.69, 9.17) is 14.2 Å². The molecule has 0 aliphatic heterocycles. The van der Waals surface area contributed by atoms with E-state index in [0.717, 1.165) is 17.1 Å². The van der Waals surface area contributed by atoms with Crippen LogP contribution >= 0.6 is 11.8 Å². The summed E-state index contributed by atoms with van der Waals surface area (Å²) < 4.78 is 17.1. The van der Waals surface area contributed by atoms with E-state index < -0.39 is 5.60 Å². The van der Waals surface area contributed by atoms with Crippen molar-refractivity contribution >= 4 is 17.7 Å². The Morgan fingerprint density at radius 1 is 1.03 bits per heavy atom. The maximum Gasteiger partial charge on any atom is 0.339 e. The molecule has 2 atom stereocenters. The van der Waals surface area contributed by atoms with Gasteiger partial charge in [0, 0.05) is 10.6 Å². The third-order valence-corrected chi connectivity index (χ3v) is 5.60. The lowest BCUT2D eigenvalue weighted by molar-refractivity contribution is -0.0602. The Labute approximate surface area is 185 Å². The van der Waals surface area contributed by atoms with Crippen molar-refractivity contribution in [2.45, 2.75) is 70.7 Å². The van der Waals surface area contributed by atoms with Gasteiger partial charge in [-0.15, -0.1) is 11.8 Å². The second-order valence-corrected chi connectivity index (χ2v) is 9.42. The topological polar surface area (TPSA) is 44.8 Å². The fourth-order valence-corrected chi connectivity index (χ4v) is 3.68. The van der Waals surface area contributed by atoms with Gasteiger partial charge in [-0.1, -0.05) is 38.1 Å². The van der Waals surface area contributed by atoms with Crippen molar-refractivity contribution < 1.29 is 19.0 Å². The molecule has 0 aliphatic carbocycles. The van der Waals surface area contributed by atoms with Crippen LogP contribution < -0.4 is 4.74 Å². The SMILES string of the molecule is CCC(C)c1ccc(OC(C)OCCSc2ccccc2C(=O)OC(C)(C)C)cc1. The molecule has 0 saturated heterocycles. The first-order valence-electron chi connectivity index (χ1n) is 10.5. The number of benzene rings is 2. The highest BCUT2D eigenvalue weighted by Gasteiger charge is 2.20. The Hall–Kier alpha value is -1.98. The minimum Gasteiger partial charge on any atom is -0.465 e. The van der Waals surface area contributed by atoms with Crippen molar-refractivity contribution in [3.8, 4) is 5.75 Å². The van der Waals surface area contributed by atoms with Crippen molar-refractivity contribution in [2.75, 3.05) is 12.4 Å². The van der Waals surface area contributed by atoms with Gasteiger partial charge in [-0.25, -0.2) is 4.79 Å². The fourth-order valence-electron chi connectivity index (χ4n) is 2.80. The van der Waals surface area contributed by atoms with Gasteiger partial charge in [-0.3, -0.25) is 0 Å². The van der Waals surface area contributed by atoms with Gasteiger partial charge in [0.15, 0.2) is 6.29 Å². The number of hydrogen-bond acceptors (Lipinski definition) is 5. The van der Waals surface area contributed by atoms with Gasteiger partial charge in [0.1, 0.15) is 11.4 Å². The monoisotopic (exact) mass is 430 g/mol. The van der Waals surface area contributed by atoms with Gasteiger partial charge in [0.25, 0.3) is 0 Å². The molecule has 0 heterocycles. The Morgan fingerprint density at radius 2 is 1.70 bits per heavy atom. The summed E-state index contributed by atoms with van der Waals surface area (Å²) in [4.78, 5) is 13.3. The summed E-state index contributed by atoms with van der Waals surface area (Å²) in [5.41, 5.74) is 1.39. The van der Waals surface area contributed by atoms with Crippen LogP contribution in [0.25, 0.3) is 0 Å². The second kappa shape index (κ2) is 11.4. The van der Waals surface area contributed by atoms with Crippen LogP contribution in [0.15, 0.2) is 53.4 Å². The third-order valence-electron chi connectivity index (χ3n) is 4.56. The lowest BCUT2D eigenvalue weighted by Gasteiger charge is -2.20. The fraction of sp³-hybridized carbons (Fsp3) is 0.480. The number of rotatable bonds is 10. The van der Waals surface area contributed by atoms with Crippen LogP contribution in [-0.4, -0.2) is 30.2 Å². The minimum atomic E-state index is -0.516. The molecule has 0 saturated carbocycles. The van der Waals surface area contributed by atoms with E-state index >= 15 is 0 Å². The van der Waals surface area contributed by atoms with Gasteiger partial charge < -0.3 is 14.2 Å². The highest BCUT2D eigenvalue weighted by atomic mass is 32.2. The Balaban J connectivity index is 1.80. The molecule has 30 heavy (non-hydrogen) atoms. The zero-order valence-corrected chi connectivity index (χ0v) is 19.8. The van der Waals surface area contributed by atoms with Crippen molar-refractivity contribution in [3.05, 3.63) is 59.7 Å². The highest BCUT2D eigenvalue weighted by Crippen LogP contribution is 2.25. The molecule has 4 nitrogen and oxygen atoms in total. The van der Waals surface area contributed by atoms with Crippen molar-refractivity contribution in [3.63, 3.8) is 0 Å². The number of carbonyl (C=O) groups excluding carboxylic acids is 1. The Kier molecular flexibility index (Phi) is 9.25. The summed E-state index contributed by atoms with van der Waals surface area (Å²) in [7, 11) is 0. The van der Waals surface area contributed by atoms with E-state index in [1.807, 2.05) is 58.0 Å². The largest absolute Gasteiger partial charge is 0.465 e. The van der Waals surface area contributed by atoms with Crippen LogP contribution in [0.1, 0.15) is 69.8 Å². The molecule has 0 bridgehead atoms. The molecule has 5 heteroatoms. The summed E-state index contributed by atoms with van der Waals surface area (Å²) in [6.07, 6.45) is 0.773. The molecule has 0 radical (unpaired) electrons. The first kappa shape index (κ1) is 24.3. The predicted molar refractivity (Wildman–Crippen MR) is 124 cm³/mol. The van der Waals surface area contributed by atoms with E-state index in [2.05, 4.69) is 26.0 Å². The standard InChI is InChI=1S/C25H34O4S/c1-7-18(2)20-12-14-21(15-13-20)28-19(3)27-16-17-30-23-11-9-8-10-22(23)24(26)29-25(4,5)6/h8-15,18-19H,7,16-17H2,1-6H3. The Morgan fingerprint density at radius 3 is 2.33 bits per heavy atom. The second-order valence-electron chi connectivity index (χ2n) is 8.28. The third kappa shape index (κ3) is 8.04. The van der Waals surface area contributed by atoms with Crippen LogP contribution in [-0.2, 0) is 9.47 Å². The van der Waals surface area contributed by atoms with Gasteiger partial charge in [-0.2, -0.15) is 0 Å². The van der Waals surface area contributed by atoms with Gasteiger partial charge >= 0.3 is 5.97 Å². The van der Waals surface area contributed by atoms with E-state index in [0.29, 0.717) is 23.8 Å². The van der Waals surface area contributed by atoms with Crippen molar-refractivity contribution in [1.82, 2.24) is 0 Å². The average Bonchev–Trinajstić information content (AvgIpc) is 2.70. The summed E-state index contributed by atoms with van der Waals surface area (Å²) in [5, 5.41) is 0. The highest BCUT2D eigenvalue weighted by molar-refractivity contribution is 7.99. The number of hydrogen-bond donors (Lipinski definition) is 0. The molecular weight excluding hydrogens is 396 g/mol. The molecule has 0 aliphatic rings. The van der Waals surface area contributed by atoms with E-state index in [9.17, 15) is 4.79 Å². The predicted octanol–water partition coefficient (Wildman–Crippen LogP) is 6.69. The van der Waals surface area contributed by atoms with Crippen molar-refractivity contribution in [2.24, 2.45) is 0 Å². The normalized spacial score (nSPS) is 13.5. The average molecular weight is 431 g/mol. The molecule has 0 aromatic heterocycles. The molecule has 0 N–H and O–H groups in total. The maximum atomic E-state index is 12.4. The molecule has 2 aromatic carbocycles. The molecular formula is C25H34O4S. The lowest BCUT2D eigenvalue weighted by atomic mass is 9.99. The minimum absolute atomic E-state index is 0.302. The van der Waals surface area contributed by atoms with Crippen LogP contribution in [0.5, 0.6) is 5.75 Å². The zero-order valence-electron chi connectivity index (χ0n) is 18.9. The number of thioether (sulfide) groups is 1. The number of esters is 1. The van der Waals surface area contributed by atoms with Gasteiger partial charge in [0.05, 0.1) is 12.2 Å². The maximum absolute atomic E-state index is 12.4. The van der Waals surface area contributed by atoms with E-state index in [-0.39, 0.29) is 12.3 Å². The molecule has 2 rings (SSSR count). The zero-order chi connectivity index (χ0) is 22.1. The molecule has 0 spiro atoms. The van der Waals surface area contributed by atoms with Crippen LogP contribution in [0.2, 0.25) is 0 Å². The van der Waals surface area contributed by atoms with Gasteiger partial charge in [-0.05, 0) is 69.9 Å². The summed E-state index contributed by atoms with van der Waals surface area (Å²) in [5.74, 6) is 1.76. The van der Waals surface area contributed by atoms with E-state index in [1.54, 1.807) is 17.8 Å². The number of ether oxygens (including phenoxy) is 3. The van der Waals surface area contributed by atoms with Crippen molar-refractivity contribution in [1.29, 1.82) is 0 Å². The Bertz CT molecular complexity index is 796. The summed E-state index contributed by atoms with van der Waals surface area (Å²) in [6.45, 7) is 12.4. The summed E-state index contributed by atoms with van der Waals surface area (Å²) in [6, 6.07) is 15.7. The van der Waals surface area contributed by atoms with Crippen LogP contribution in [0.4, 0.5) is 0 Å². The molecule has 0 fully saturated rings. The van der Waals surface area contributed by atoms with Crippen LogP contribution in [0, 0.1) is 0 Å². The molecule has 2 aromatic rings. The molecule has 164 valence electrons. The first-order valence-corrected chi connectivity index (χ1v) is 11.5. The molecule has 0 amide bonds. The van der Waals surface area contributed by atoms with E-state index in [1.165, 1.54) is 5.56 Å². The quantitative estimate of drug-likeness (QED) is 0.182. The smallest absolute Gasteiger partial charge is 0.339 e. The number of carbonyl (C=O) groups is 1.